The van der Waals surface area contributed by atoms with Crippen LogP contribution in [-0.2, 0) is 16.0 Å². The van der Waals surface area contributed by atoms with Gasteiger partial charge in [-0.2, -0.15) is 0 Å². The van der Waals surface area contributed by atoms with Gasteiger partial charge in [-0.05, 0) is 51.8 Å². The monoisotopic (exact) mass is 536 g/mol. The van der Waals surface area contributed by atoms with Crippen LogP contribution in [0.4, 0.5) is 22.0 Å². The smallest absolute Gasteiger partial charge is 0.320 e. The van der Waals surface area contributed by atoms with Crippen molar-refractivity contribution in [1.29, 1.82) is 0 Å². The number of anilines is 3. The molecule has 0 unspecified atom stereocenters. The normalized spacial score (nSPS) is 9.23. The summed E-state index contributed by atoms with van der Waals surface area (Å²) in [5.41, 5.74) is 4.42. The van der Waals surface area contributed by atoms with Gasteiger partial charge in [0, 0.05) is 45.1 Å². The Kier molecular flexibility index (Phi) is 18.8. The molecule has 0 aliphatic heterocycles. The van der Waals surface area contributed by atoms with Gasteiger partial charge in [-0.3, -0.25) is 10.1 Å². The van der Waals surface area contributed by atoms with E-state index < -0.39 is 0 Å². The number of aromatic nitrogens is 1. The van der Waals surface area contributed by atoms with E-state index in [4.69, 9.17) is 0 Å². The number of hydrogen-bond acceptors (Lipinski definition) is 6. The summed E-state index contributed by atoms with van der Waals surface area (Å²) in [6.07, 6.45) is 2.98. The highest BCUT2D eigenvalue weighted by atomic mass is 16.4. The largest absolute Gasteiger partial charge is 0.388 e. The fraction of sp³-hybridized carbons (Fsp3) is 0.355. The Labute approximate surface area is 233 Å². The lowest BCUT2D eigenvalue weighted by Crippen LogP contribution is -2.28. The van der Waals surface area contributed by atoms with Gasteiger partial charge in [0.1, 0.15) is 11.6 Å². The fourth-order valence-corrected chi connectivity index (χ4v) is 2.98. The van der Waals surface area contributed by atoms with Gasteiger partial charge >= 0.3 is 6.03 Å². The Morgan fingerprint density at radius 2 is 1.51 bits per heavy atom. The second-order valence-corrected chi connectivity index (χ2v) is 8.24. The third-order valence-corrected chi connectivity index (χ3v) is 4.80. The van der Waals surface area contributed by atoms with Crippen LogP contribution in [0.3, 0.4) is 0 Å². The van der Waals surface area contributed by atoms with Crippen molar-refractivity contribution in [3.05, 3.63) is 83.6 Å². The van der Waals surface area contributed by atoms with E-state index in [0.717, 1.165) is 12.1 Å². The molecule has 0 fully saturated rings. The third kappa shape index (κ3) is 15.7. The van der Waals surface area contributed by atoms with E-state index in [0.29, 0.717) is 30.0 Å². The Balaban J connectivity index is 0.000000714. The first kappa shape index (κ1) is 35.0. The highest BCUT2D eigenvalue weighted by Crippen LogP contribution is 2.23. The quantitative estimate of drug-likeness (QED) is 0.268. The minimum Gasteiger partial charge on any atom is -0.388 e. The number of ketones is 2. The molecule has 3 aromatic rings. The Hall–Kier alpha value is -4.04. The molecule has 0 atom stereocenters. The van der Waals surface area contributed by atoms with Gasteiger partial charge < -0.3 is 20.2 Å². The number of para-hydroxylation sites is 1. The number of urea groups is 1. The number of pyridine rings is 1. The summed E-state index contributed by atoms with van der Waals surface area (Å²) >= 11 is 0. The standard InChI is InChI=1S/C16H18N4O2.C11H14O.C2H6O.C2H6/c1-3-17-16(22)20-15-9-14(13(10-18-15)11(2)21)19-12-7-5-4-6-8-12;1-9-3-6-11(7-4-9)8-5-10(2)12;1-3-2;1-2/h4-10H,3H2,1-2H3,(H3,17,18,19,20,22);3-4,6-7H,5,8H2,1-2H3;1-2H3;1-2H3. The lowest BCUT2D eigenvalue weighted by Gasteiger charge is -2.12. The Bertz CT molecular complexity index is 1120. The maximum absolute atomic E-state index is 11.7. The maximum Gasteiger partial charge on any atom is 0.320 e. The molecule has 8 heteroatoms. The molecule has 3 rings (SSSR count). The van der Waals surface area contributed by atoms with Crippen molar-refractivity contribution in [2.45, 2.75) is 54.4 Å². The average Bonchev–Trinajstić information content (AvgIpc) is 2.91. The zero-order chi connectivity index (χ0) is 29.6. The Morgan fingerprint density at radius 1 is 0.923 bits per heavy atom. The molecule has 0 radical (unpaired) electrons. The first-order valence-electron chi connectivity index (χ1n) is 13.0. The lowest BCUT2D eigenvalue weighted by atomic mass is 10.1. The van der Waals surface area contributed by atoms with Crippen LogP contribution < -0.4 is 16.0 Å². The fourth-order valence-electron chi connectivity index (χ4n) is 2.98. The van der Waals surface area contributed by atoms with E-state index >= 15 is 0 Å². The molecule has 0 bridgehead atoms. The number of aryl methyl sites for hydroxylation is 2. The van der Waals surface area contributed by atoms with Gasteiger partial charge in [-0.25, -0.2) is 9.78 Å². The molecule has 2 aromatic carbocycles. The van der Waals surface area contributed by atoms with Gasteiger partial charge in [0.15, 0.2) is 5.78 Å². The van der Waals surface area contributed by atoms with Gasteiger partial charge in [0.2, 0.25) is 0 Å². The van der Waals surface area contributed by atoms with E-state index in [1.54, 1.807) is 27.2 Å². The van der Waals surface area contributed by atoms with Crippen LogP contribution in [0.25, 0.3) is 0 Å². The molecule has 0 saturated heterocycles. The van der Waals surface area contributed by atoms with Gasteiger partial charge in [0.05, 0.1) is 11.3 Å². The van der Waals surface area contributed by atoms with E-state index in [2.05, 4.69) is 56.9 Å². The molecule has 2 amide bonds. The van der Waals surface area contributed by atoms with Gasteiger partial charge in [0.25, 0.3) is 0 Å². The minimum atomic E-state index is -0.337. The number of hydrogen-bond donors (Lipinski definition) is 3. The predicted molar refractivity (Wildman–Crippen MR) is 161 cm³/mol. The average molecular weight is 537 g/mol. The molecule has 0 spiro atoms. The van der Waals surface area contributed by atoms with Crippen molar-refractivity contribution in [2.24, 2.45) is 0 Å². The first-order valence-corrected chi connectivity index (χ1v) is 13.0. The maximum atomic E-state index is 11.7. The molecule has 0 aliphatic carbocycles. The zero-order valence-electron chi connectivity index (χ0n) is 24.6. The molecular formula is C31H44N4O4. The summed E-state index contributed by atoms with van der Waals surface area (Å²) in [6.45, 7) is 11.5. The number of benzene rings is 2. The number of nitrogens with one attached hydrogen (secondary N) is 3. The zero-order valence-corrected chi connectivity index (χ0v) is 24.6. The SMILES string of the molecule is CC.CC(=O)CCc1ccc(C)cc1.CCNC(=O)Nc1cc(Nc2ccccc2)c(C(C)=O)cn1.COC. The van der Waals surface area contributed by atoms with Crippen LogP contribution >= 0.6 is 0 Å². The van der Waals surface area contributed by atoms with Crippen molar-refractivity contribution in [3.63, 3.8) is 0 Å². The third-order valence-electron chi connectivity index (χ3n) is 4.80. The summed E-state index contributed by atoms with van der Waals surface area (Å²) in [5.74, 6) is 0.528. The molecule has 0 aliphatic rings. The lowest BCUT2D eigenvalue weighted by molar-refractivity contribution is -0.116. The van der Waals surface area contributed by atoms with Gasteiger partial charge in [-0.1, -0.05) is 61.9 Å². The number of ether oxygens (including phenoxy) is 1. The number of amides is 2. The van der Waals surface area contributed by atoms with Crippen LogP contribution in [-0.4, -0.2) is 43.3 Å². The van der Waals surface area contributed by atoms with Crippen LogP contribution in [0.5, 0.6) is 0 Å². The number of methoxy groups -OCH3 is 1. The first-order chi connectivity index (χ1) is 18.7. The molecule has 1 heterocycles. The number of rotatable bonds is 8. The highest BCUT2D eigenvalue weighted by molar-refractivity contribution is 6.01. The summed E-state index contributed by atoms with van der Waals surface area (Å²) in [7, 11) is 3.25. The second-order valence-electron chi connectivity index (χ2n) is 8.24. The van der Waals surface area contributed by atoms with Gasteiger partial charge in [-0.15, -0.1) is 0 Å². The van der Waals surface area contributed by atoms with Crippen molar-refractivity contribution in [2.75, 3.05) is 31.4 Å². The van der Waals surface area contributed by atoms with E-state index in [-0.39, 0.29) is 17.6 Å². The van der Waals surface area contributed by atoms with Crippen molar-refractivity contribution >= 4 is 34.8 Å². The molecule has 8 nitrogen and oxygen atoms in total. The number of nitrogens with zero attached hydrogens (tertiary/aromatic N) is 1. The van der Waals surface area contributed by atoms with Crippen LogP contribution in [0.1, 0.15) is 62.5 Å². The number of carbonyl (C=O) groups excluding carboxylic acids is 3. The van der Waals surface area contributed by atoms with E-state index in [1.165, 1.54) is 24.2 Å². The highest BCUT2D eigenvalue weighted by Gasteiger charge is 2.11. The van der Waals surface area contributed by atoms with Crippen LogP contribution in [0, 0.1) is 6.92 Å². The molecular weight excluding hydrogens is 492 g/mol. The van der Waals surface area contributed by atoms with Crippen LogP contribution in [0.15, 0.2) is 66.9 Å². The summed E-state index contributed by atoms with van der Waals surface area (Å²) < 4.78 is 4.25. The topological polar surface area (TPSA) is 109 Å². The van der Waals surface area contributed by atoms with Crippen molar-refractivity contribution < 1.29 is 19.1 Å². The van der Waals surface area contributed by atoms with E-state index in [1.807, 2.05) is 51.1 Å². The molecule has 212 valence electrons. The van der Waals surface area contributed by atoms with Crippen molar-refractivity contribution in [3.8, 4) is 0 Å². The van der Waals surface area contributed by atoms with Crippen LogP contribution in [0.2, 0.25) is 0 Å². The number of carbonyl (C=O) groups is 3. The van der Waals surface area contributed by atoms with E-state index in [9.17, 15) is 14.4 Å². The summed E-state index contributed by atoms with van der Waals surface area (Å²) in [6, 6.07) is 19.1. The van der Waals surface area contributed by atoms with Crippen molar-refractivity contribution in [1.82, 2.24) is 10.3 Å². The summed E-state index contributed by atoms with van der Waals surface area (Å²) in [4.78, 5) is 38.0. The molecule has 0 saturated carbocycles. The number of Topliss-reactive ketones (excluding diaryl/α,β-unsaturated/α-hetero) is 2. The minimum absolute atomic E-state index is 0.101. The summed E-state index contributed by atoms with van der Waals surface area (Å²) in [5, 5.41) is 8.41. The molecule has 1 aromatic heterocycles. The molecule has 3 N–H and O–H groups in total. The molecule has 39 heavy (non-hydrogen) atoms. The Morgan fingerprint density at radius 3 is 2.03 bits per heavy atom. The second kappa shape index (κ2) is 21.0. The predicted octanol–water partition coefficient (Wildman–Crippen LogP) is 6.97.